The van der Waals surface area contributed by atoms with Crippen molar-refractivity contribution in [1.29, 1.82) is 0 Å². The zero-order chi connectivity index (χ0) is 21.8. The summed E-state index contributed by atoms with van der Waals surface area (Å²) in [6, 6.07) is 13.7. The fourth-order valence-electron chi connectivity index (χ4n) is 3.04. The average Bonchev–Trinajstić information content (AvgIpc) is 2.61. The molecule has 0 fully saturated rings. The minimum absolute atomic E-state index is 0.0178. The highest BCUT2D eigenvalue weighted by Gasteiger charge is 2.14. The summed E-state index contributed by atoms with van der Waals surface area (Å²) in [5.41, 5.74) is 8.02. The van der Waals surface area contributed by atoms with E-state index in [0.717, 1.165) is 28.2 Å². The van der Waals surface area contributed by atoms with Gasteiger partial charge in [0.2, 0.25) is 0 Å². The number of rotatable bonds is 2. The van der Waals surface area contributed by atoms with Crippen LogP contribution < -0.4 is 11.3 Å². The lowest BCUT2D eigenvalue weighted by Crippen LogP contribution is -2.27. The van der Waals surface area contributed by atoms with Crippen LogP contribution in [0.2, 0.25) is 0 Å². The molecule has 154 valence electrons. The second kappa shape index (κ2) is 8.90. The molecule has 0 aliphatic carbocycles. The van der Waals surface area contributed by atoms with Crippen molar-refractivity contribution in [3.05, 3.63) is 69.8 Å². The number of carbonyl (C=O) groups is 1. The zero-order valence-electron chi connectivity index (χ0n) is 17.9. The summed E-state index contributed by atoms with van der Waals surface area (Å²) in [5.74, 6) is 0.799. The van der Waals surface area contributed by atoms with Crippen molar-refractivity contribution >= 4 is 17.0 Å². The van der Waals surface area contributed by atoms with Crippen molar-refractivity contribution in [2.24, 2.45) is 5.73 Å². The van der Waals surface area contributed by atoms with E-state index >= 15 is 0 Å². The van der Waals surface area contributed by atoms with Crippen LogP contribution in [0, 0.1) is 13.8 Å². The average molecular weight is 396 g/mol. The molecule has 6 nitrogen and oxygen atoms in total. The topological polar surface area (TPSA) is 87.2 Å². The molecule has 0 unspecified atom stereocenters. The van der Waals surface area contributed by atoms with Crippen molar-refractivity contribution in [3.8, 4) is 5.69 Å². The van der Waals surface area contributed by atoms with E-state index in [-0.39, 0.29) is 5.56 Å². The minimum Gasteiger partial charge on any atom is -0.444 e. The molecule has 0 bridgehead atoms. The largest absolute Gasteiger partial charge is 0.444 e. The van der Waals surface area contributed by atoms with Gasteiger partial charge in [-0.2, -0.15) is 0 Å². The van der Waals surface area contributed by atoms with E-state index in [0.29, 0.717) is 11.8 Å². The number of carbonyl (C=O) groups excluding carboxylic acids is 1. The van der Waals surface area contributed by atoms with Gasteiger partial charge in [0.1, 0.15) is 11.4 Å². The number of primary amides is 1. The van der Waals surface area contributed by atoms with E-state index < -0.39 is 11.7 Å². The molecule has 1 amide bonds. The predicted octanol–water partition coefficient (Wildman–Crippen LogP) is 4.45. The molecule has 3 rings (SSSR count). The Morgan fingerprint density at radius 3 is 2.21 bits per heavy atom. The molecule has 0 aliphatic heterocycles. The van der Waals surface area contributed by atoms with E-state index in [9.17, 15) is 9.59 Å². The highest BCUT2D eigenvalue weighted by atomic mass is 16.6. The number of ether oxygens (including phenoxy) is 1. The van der Waals surface area contributed by atoms with Crippen LogP contribution >= 0.6 is 0 Å². The quantitative estimate of drug-likeness (QED) is 0.695. The van der Waals surface area contributed by atoms with Crippen molar-refractivity contribution in [3.63, 3.8) is 0 Å². The fraction of sp³-hybridized carbons (Fsp3) is 0.348. The van der Waals surface area contributed by atoms with Crippen LogP contribution in [0.25, 0.3) is 16.6 Å². The number of aryl methyl sites for hydroxylation is 3. The third-order valence-electron chi connectivity index (χ3n) is 4.25. The monoisotopic (exact) mass is 395 g/mol. The number of nitrogens with zero attached hydrogens (tertiary/aromatic N) is 2. The van der Waals surface area contributed by atoms with Crippen molar-refractivity contribution in [1.82, 2.24) is 9.55 Å². The van der Waals surface area contributed by atoms with Gasteiger partial charge in [0.05, 0.1) is 16.6 Å². The highest BCUT2D eigenvalue weighted by Crippen LogP contribution is 2.18. The van der Waals surface area contributed by atoms with E-state index in [1.54, 1.807) is 25.3 Å². The van der Waals surface area contributed by atoms with Gasteiger partial charge < -0.3 is 10.5 Å². The number of hydrogen-bond donors (Lipinski definition) is 1. The van der Waals surface area contributed by atoms with Crippen molar-refractivity contribution in [2.45, 2.75) is 53.6 Å². The Kier molecular flexibility index (Phi) is 6.80. The van der Waals surface area contributed by atoms with Crippen LogP contribution in [0.15, 0.2) is 47.3 Å². The van der Waals surface area contributed by atoms with Crippen molar-refractivity contribution in [2.75, 3.05) is 0 Å². The Morgan fingerprint density at radius 2 is 1.69 bits per heavy atom. The molecule has 1 heterocycles. The Bertz CT molecular complexity index is 1080. The zero-order valence-corrected chi connectivity index (χ0v) is 17.9. The number of aromatic nitrogens is 2. The van der Waals surface area contributed by atoms with E-state index in [4.69, 9.17) is 10.7 Å². The lowest BCUT2D eigenvalue weighted by molar-refractivity contribution is 0.0600. The second-order valence-corrected chi connectivity index (χ2v) is 7.81. The van der Waals surface area contributed by atoms with E-state index in [2.05, 4.69) is 4.74 Å². The third kappa shape index (κ3) is 5.44. The maximum atomic E-state index is 13.0. The first kappa shape index (κ1) is 22.1. The summed E-state index contributed by atoms with van der Waals surface area (Å²) >= 11 is 0. The first-order valence-electron chi connectivity index (χ1n) is 9.61. The number of amides is 1. The van der Waals surface area contributed by atoms with Gasteiger partial charge in [-0.25, -0.2) is 9.78 Å². The standard InChI is InChI=1S/C18H18N2O.C5H11NO2/c1-4-16-19-14-10-7-9-13(3)17(14)18(21)20(16)15-11-6-5-8-12(15)2;1-5(2,3)8-4(6)7/h5-11H,4H2,1-3H3;1-3H3,(H2,6,7). The summed E-state index contributed by atoms with van der Waals surface area (Å²) in [6.45, 7) is 11.3. The maximum Gasteiger partial charge on any atom is 0.405 e. The van der Waals surface area contributed by atoms with Crippen LogP contribution in [0.5, 0.6) is 0 Å². The van der Waals surface area contributed by atoms with Gasteiger partial charge in [0.25, 0.3) is 5.56 Å². The molecule has 2 aromatic carbocycles. The first-order chi connectivity index (χ1) is 13.5. The molecule has 2 N–H and O–H groups in total. The predicted molar refractivity (Wildman–Crippen MR) is 117 cm³/mol. The Hall–Kier alpha value is -3.15. The number of benzene rings is 2. The van der Waals surface area contributed by atoms with Gasteiger partial charge >= 0.3 is 6.09 Å². The highest BCUT2D eigenvalue weighted by molar-refractivity contribution is 5.81. The first-order valence-corrected chi connectivity index (χ1v) is 9.61. The molecule has 6 heteroatoms. The Labute approximate surface area is 171 Å². The molecule has 0 atom stereocenters. The number of fused-ring (bicyclic) bond motifs is 1. The number of nitrogens with two attached hydrogens (primary N) is 1. The Balaban J connectivity index is 0.000000321. The number of hydrogen-bond acceptors (Lipinski definition) is 4. The maximum absolute atomic E-state index is 13.0. The summed E-state index contributed by atoms with van der Waals surface area (Å²) in [5, 5.41) is 0.706. The van der Waals surface area contributed by atoms with Gasteiger partial charge in [0, 0.05) is 6.42 Å². The molecule has 0 aliphatic rings. The number of para-hydroxylation sites is 1. The summed E-state index contributed by atoms with van der Waals surface area (Å²) in [7, 11) is 0. The molecular weight excluding hydrogens is 366 g/mol. The van der Waals surface area contributed by atoms with Gasteiger partial charge in [-0.05, 0) is 57.9 Å². The molecule has 29 heavy (non-hydrogen) atoms. The molecule has 0 spiro atoms. The smallest absolute Gasteiger partial charge is 0.405 e. The molecule has 0 radical (unpaired) electrons. The van der Waals surface area contributed by atoms with Gasteiger partial charge in [0.15, 0.2) is 0 Å². The van der Waals surface area contributed by atoms with Crippen LogP contribution in [0.1, 0.15) is 44.6 Å². The fourth-order valence-corrected chi connectivity index (χ4v) is 3.04. The molecule has 0 saturated carbocycles. The second-order valence-electron chi connectivity index (χ2n) is 7.81. The normalized spacial score (nSPS) is 11.0. The summed E-state index contributed by atoms with van der Waals surface area (Å²) in [6.07, 6.45) is -0.00881. The molecule has 3 aromatic rings. The lowest BCUT2D eigenvalue weighted by atomic mass is 10.1. The lowest BCUT2D eigenvalue weighted by Gasteiger charge is -2.16. The molecule has 0 saturated heterocycles. The van der Waals surface area contributed by atoms with E-state index in [1.165, 1.54) is 0 Å². The van der Waals surface area contributed by atoms with Crippen LogP contribution in [-0.4, -0.2) is 21.2 Å². The van der Waals surface area contributed by atoms with Crippen LogP contribution in [-0.2, 0) is 11.2 Å². The molecular formula is C23H29N3O3. The van der Waals surface area contributed by atoms with Gasteiger partial charge in [-0.3, -0.25) is 9.36 Å². The van der Waals surface area contributed by atoms with Crippen molar-refractivity contribution < 1.29 is 9.53 Å². The van der Waals surface area contributed by atoms with Crippen LogP contribution in [0.3, 0.4) is 0 Å². The molecule has 1 aromatic heterocycles. The van der Waals surface area contributed by atoms with E-state index in [1.807, 2.05) is 63.2 Å². The third-order valence-corrected chi connectivity index (χ3v) is 4.25. The summed E-state index contributed by atoms with van der Waals surface area (Å²) in [4.78, 5) is 27.7. The summed E-state index contributed by atoms with van der Waals surface area (Å²) < 4.78 is 6.33. The van der Waals surface area contributed by atoms with Gasteiger partial charge in [-0.15, -0.1) is 0 Å². The Morgan fingerprint density at radius 1 is 1.07 bits per heavy atom. The van der Waals surface area contributed by atoms with Gasteiger partial charge in [-0.1, -0.05) is 37.3 Å². The SMILES string of the molecule is CC(C)(C)OC(N)=O.CCc1nc2cccc(C)c2c(=O)n1-c1ccccc1C. The minimum atomic E-state index is -0.725. The van der Waals surface area contributed by atoms with Crippen LogP contribution in [0.4, 0.5) is 4.79 Å².